The lowest BCUT2D eigenvalue weighted by Crippen LogP contribution is -2.22. The van der Waals surface area contributed by atoms with Crippen molar-refractivity contribution >= 4 is 33.5 Å². The molecule has 0 bridgehead atoms. The molecule has 126 valence electrons. The minimum absolute atomic E-state index is 0.0110. The Morgan fingerprint density at radius 1 is 1.21 bits per heavy atom. The number of carbonyl (C=O) groups is 2. The van der Waals surface area contributed by atoms with E-state index in [9.17, 15) is 14.0 Å². The Morgan fingerprint density at radius 3 is 2.71 bits per heavy atom. The highest BCUT2D eigenvalue weighted by Gasteiger charge is 2.11. The van der Waals surface area contributed by atoms with Crippen LogP contribution in [0.4, 0.5) is 10.1 Å². The third-order valence-corrected chi connectivity index (χ3v) is 3.55. The van der Waals surface area contributed by atoms with E-state index in [1.54, 1.807) is 30.3 Å². The van der Waals surface area contributed by atoms with Gasteiger partial charge in [0.1, 0.15) is 11.6 Å². The molecule has 1 N–H and O–H groups in total. The van der Waals surface area contributed by atoms with Gasteiger partial charge in [0.2, 0.25) is 0 Å². The fourth-order valence-electron chi connectivity index (χ4n) is 1.92. The van der Waals surface area contributed by atoms with Gasteiger partial charge in [-0.15, -0.1) is 0 Å². The molecule has 0 unspecified atom stereocenters. The average molecular weight is 396 g/mol. The standard InChI is InChI=1S/C17H15BrFNO4/c1-23-13-4-2-3-11(7-13)8-17(22)24-10-16(21)20-15-6-5-12(18)9-14(15)19/h2-7,9H,8,10H2,1H3,(H,20,21). The van der Waals surface area contributed by atoms with Crippen LogP contribution in [-0.2, 0) is 20.7 Å². The summed E-state index contributed by atoms with van der Waals surface area (Å²) in [5, 5.41) is 2.34. The Balaban J connectivity index is 1.83. The molecular formula is C17H15BrFNO4. The van der Waals surface area contributed by atoms with Crippen LogP contribution >= 0.6 is 15.9 Å². The van der Waals surface area contributed by atoms with Crippen molar-refractivity contribution in [1.29, 1.82) is 0 Å². The van der Waals surface area contributed by atoms with Crippen molar-refractivity contribution in [3.63, 3.8) is 0 Å². The number of carbonyl (C=O) groups excluding carboxylic acids is 2. The molecule has 0 radical (unpaired) electrons. The molecule has 0 aromatic heterocycles. The van der Waals surface area contributed by atoms with E-state index in [0.717, 1.165) is 0 Å². The summed E-state index contributed by atoms with van der Waals surface area (Å²) in [5.41, 5.74) is 0.728. The normalized spacial score (nSPS) is 10.1. The number of halogens is 2. The van der Waals surface area contributed by atoms with Crippen molar-refractivity contribution in [3.8, 4) is 5.75 Å². The van der Waals surface area contributed by atoms with Gasteiger partial charge < -0.3 is 14.8 Å². The number of nitrogens with one attached hydrogen (secondary N) is 1. The second-order valence-electron chi connectivity index (χ2n) is 4.86. The highest BCUT2D eigenvalue weighted by atomic mass is 79.9. The van der Waals surface area contributed by atoms with E-state index >= 15 is 0 Å². The van der Waals surface area contributed by atoms with Gasteiger partial charge in [-0.2, -0.15) is 0 Å². The first kappa shape index (κ1) is 17.9. The largest absolute Gasteiger partial charge is 0.497 e. The smallest absolute Gasteiger partial charge is 0.310 e. The molecular weight excluding hydrogens is 381 g/mol. The second-order valence-corrected chi connectivity index (χ2v) is 5.78. The van der Waals surface area contributed by atoms with Crippen LogP contribution < -0.4 is 10.1 Å². The van der Waals surface area contributed by atoms with Crippen molar-refractivity contribution in [2.45, 2.75) is 6.42 Å². The van der Waals surface area contributed by atoms with E-state index in [1.165, 1.54) is 19.2 Å². The van der Waals surface area contributed by atoms with Crippen LogP contribution in [-0.4, -0.2) is 25.6 Å². The van der Waals surface area contributed by atoms with Gasteiger partial charge in [0, 0.05) is 4.47 Å². The minimum Gasteiger partial charge on any atom is -0.497 e. The summed E-state index contributed by atoms with van der Waals surface area (Å²) in [7, 11) is 1.53. The Hall–Kier alpha value is -2.41. The number of rotatable bonds is 6. The minimum atomic E-state index is -0.616. The van der Waals surface area contributed by atoms with E-state index in [0.29, 0.717) is 15.8 Å². The van der Waals surface area contributed by atoms with Crippen molar-refractivity contribution in [2.75, 3.05) is 19.0 Å². The summed E-state index contributed by atoms with van der Waals surface area (Å²) in [4.78, 5) is 23.5. The predicted octanol–water partition coefficient (Wildman–Crippen LogP) is 3.32. The van der Waals surface area contributed by atoms with E-state index in [-0.39, 0.29) is 12.1 Å². The van der Waals surface area contributed by atoms with Crippen LogP contribution in [0.3, 0.4) is 0 Å². The van der Waals surface area contributed by atoms with E-state index in [1.807, 2.05) is 0 Å². The SMILES string of the molecule is COc1cccc(CC(=O)OCC(=O)Nc2ccc(Br)cc2F)c1. The summed E-state index contributed by atoms with van der Waals surface area (Å²) >= 11 is 3.12. The number of benzene rings is 2. The van der Waals surface area contributed by atoms with Crippen LogP contribution in [0.15, 0.2) is 46.9 Å². The monoisotopic (exact) mass is 395 g/mol. The third kappa shape index (κ3) is 5.34. The number of methoxy groups -OCH3 is 1. The van der Waals surface area contributed by atoms with Crippen LogP contribution in [0.1, 0.15) is 5.56 Å². The molecule has 2 rings (SSSR count). The molecule has 1 amide bonds. The molecule has 0 heterocycles. The number of ether oxygens (including phenoxy) is 2. The number of amides is 1. The van der Waals surface area contributed by atoms with Crippen LogP contribution in [0.2, 0.25) is 0 Å². The van der Waals surface area contributed by atoms with E-state index < -0.39 is 24.3 Å². The Morgan fingerprint density at radius 2 is 2.00 bits per heavy atom. The lowest BCUT2D eigenvalue weighted by Gasteiger charge is -2.08. The van der Waals surface area contributed by atoms with Crippen LogP contribution in [0.5, 0.6) is 5.75 Å². The lowest BCUT2D eigenvalue weighted by atomic mass is 10.1. The zero-order valence-corrected chi connectivity index (χ0v) is 14.4. The fraction of sp³-hybridized carbons (Fsp3) is 0.176. The number of anilines is 1. The topological polar surface area (TPSA) is 64.6 Å². The second kappa shape index (κ2) is 8.44. The molecule has 0 fully saturated rings. The third-order valence-electron chi connectivity index (χ3n) is 3.05. The predicted molar refractivity (Wildman–Crippen MR) is 90.4 cm³/mol. The number of hydrogen-bond acceptors (Lipinski definition) is 4. The summed E-state index contributed by atoms with van der Waals surface area (Å²) in [6.45, 7) is -0.488. The van der Waals surface area contributed by atoms with Crippen LogP contribution in [0, 0.1) is 5.82 Å². The van der Waals surface area contributed by atoms with Crippen molar-refractivity contribution < 1.29 is 23.5 Å². The maximum atomic E-state index is 13.6. The maximum absolute atomic E-state index is 13.6. The van der Waals surface area contributed by atoms with Gasteiger partial charge in [-0.25, -0.2) is 4.39 Å². The summed E-state index contributed by atoms with van der Waals surface area (Å²) in [6.07, 6.45) is 0.0110. The molecule has 0 saturated heterocycles. The molecule has 0 aliphatic heterocycles. The number of hydrogen-bond donors (Lipinski definition) is 1. The van der Waals surface area contributed by atoms with Gasteiger partial charge in [0.25, 0.3) is 5.91 Å². The molecule has 0 aliphatic rings. The maximum Gasteiger partial charge on any atom is 0.310 e. The first-order chi connectivity index (χ1) is 11.5. The van der Waals surface area contributed by atoms with Gasteiger partial charge in [0.05, 0.1) is 19.2 Å². The van der Waals surface area contributed by atoms with Gasteiger partial charge in [-0.1, -0.05) is 28.1 Å². The van der Waals surface area contributed by atoms with E-state index in [2.05, 4.69) is 21.2 Å². The average Bonchev–Trinajstić information content (AvgIpc) is 2.56. The molecule has 24 heavy (non-hydrogen) atoms. The molecule has 0 spiro atoms. The first-order valence-electron chi connectivity index (χ1n) is 7.01. The first-order valence-corrected chi connectivity index (χ1v) is 7.80. The molecule has 0 atom stereocenters. The van der Waals surface area contributed by atoms with E-state index in [4.69, 9.17) is 9.47 Å². The van der Waals surface area contributed by atoms with Crippen molar-refractivity contribution in [2.24, 2.45) is 0 Å². The molecule has 0 aliphatic carbocycles. The summed E-state index contributed by atoms with van der Waals surface area (Å²) < 4.78 is 24.1. The van der Waals surface area contributed by atoms with Gasteiger partial charge >= 0.3 is 5.97 Å². The molecule has 0 saturated carbocycles. The quantitative estimate of drug-likeness (QED) is 0.761. The van der Waals surface area contributed by atoms with Gasteiger partial charge in [0.15, 0.2) is 6.61 Å². The molecule has 7 heteroatoms. The van der Waals surface area contributed by atoms with Crippen molar-refractivity contribution in [3.05, 3.63) is 58.3 Å². The molecule has 2 aromatic carbocycles. The number of esters is 1. The zero-order chi connectivity index (χ0) is 17.5. The molecule has 5 nitrogen and oxygen atoms in total. The van der Waals surface area contributed by atoms with Crippen LogP contribution in [0.25, 0.3) is 0 Å². The van der Waals surface area contributed by atoms with Crippen molar-refractivity contribution in [1.82, 2.24) is 0 Å². The van der Waals surface area contributed by atoms with Gasteiger partial charge in [-0.05, 0) is 35.9 Å². The summed E-state index contributed by atoms with van der Waals surface area (Å²) in [5.74, 6) is -1.13. The zero-order valence-electron chi connectivity index (χ0n) is 12.8. The summed E-state index contributed by atoms with van der Waals surface area (Å²) in [6, 6.07) is 11.2. The Bertz CT molecular complexity index is 751. The lowest BCUT2D eigenvalue weighted by molar-refractivity contribution is -0.146. The highest BCUT2D eigenvalue weighted by molar-refractivity contribution is 9.10. The Kier molecular flexibility index (Phi) is 6.31. The van der Waals surface area contributed by atoms with Gasteiger partial charge in [-0.3, -0.25) is 9.59 Å². The highest BCUT2D eigenvalue weighted by Crippen LogP contribution is 2.19. The molecule has 2 aromatic rings. The Labute approximate surface area is 146 Å². The fourth-order valence-corrected chi connectivity index (χ4v) is 2.26.